The van der Waals surface area contributed by atoms with Crippen LogP contribution in [-0.4, -0.2) is 30.9 Å². The number of rotatable bonds is 4. The average Bonchev–Trinajstić information content (AvgIpc) is 2.01. The molecule has 0 rings (SSSR count). The molecule has 0 heterocycles. The van der Waals surface area contributed by atoms with E-state index in [0.29, 0.717) is 0 Å². The van der Waals surface area contributed by atoms with Crippen LogP contribution in [0.15, 0.2) is 0 Å². The van der Waals surface area contributed by atoms with E-state index < -0.39 is 17.2 Å². The number of hydrogen-bond donors (Lipinski definition) is 1. The van der Waals surface area contributed by atoms with Gasteiger partial charge in [-0.3, -0.25) is 4.84 Å². The predicted octanol–water partition coefficient (Wildman–Crippen LogP) is 0.624. The molecule has 0 aromatic carbocycles. The summed E-state index contributed by atoms with van der Waals surface area (Å²) in [6, 6.07) is 0. The lowest BCUT2D eigenvalue weighted by Crippen LogP contribution is -2.48. The molecule has 0 aromatic heterocycles. The summed E-state index contributed by atoms with van der Waals surface area (Å²) >= 11 is 0. The lowest BCUT2D eigenvalue weighted by molar-refractivity contribution is -0.188. The quantitative estimate of drug-likeness (QED) is 0.538. The zero-order chi connectivity index (χ0) is 11.4. The van der Waals surface area contributed by atoms with Crippen molar-refractivity contribution in [3.8, 4) is 0 Å². The highest BCUT2D eigenvalue weighted by atomic mass is 16.7. The Kier molecular flexibility index (Phi) is 4.51. The highest BCUT2D eigenvalue weighted by molar-refractivity contribution is 5.79. The molecule has 0 fully saturated rings. The van der Waals surface area contributed by atoms with Crippen molar-refractivity contribution in [2.45, 2.75) is 38.9 Å². The topological polar surface area (TPSA) is 70.8 Å². The van der Waals surface area contributed by atoms with Crippen LogP contribution in [0.5, 0.6) is 0 Å². The summed E-state index contributed by atoms with van der Waals surface area (Å²) < 4.78 is 9.95. The molecule has 0 unspecified atom stereocenters. The fourth-order valence-electron chi connectivity index (χ4n) is 0.803. The van der Waals surface area contributed by atoms with E-state index in [2.05, 4.69) is 4.84 Å². The molecule has 0 aromatic rings. The van der Waals surface area contributed by atoms with Crippen LogP contribution in [0.25, 0.3) is 0 Å². The smallest absolute Gasteiger partial charge is 0.343 e. The Bertz CT molecular complexity index is 199. The van der Waals surface area contributed by atoms with Crippen LogP contribution >= 0.6 is 0 Å². The summed E-state index contributed by atoms with van der Waals surface area (Å²) in [4.78, 5) is 16.2. The Balaban J connectivity index is 4.46. The average molecular weight is 205 g/mol. The number of esters is 1. The first-order chi connectivity index (χ1) is 6.25. The van der Waals surface area contributed by atoms with E-state index in [-0.39, 0.29) is 6.61 Å². The van der Waals surface area contributed by atoms with E-state index in [0.717, 1.165) is 0 Å². The van der Waals surface area contributed by atoms with Gasteiger partial charge in [0.05, 0.1) is 6.61 Å². The van der Waals surface area contributed by atoms with Gasteiger partial charge in [-0.1, -0.05) is 0 Å². The van der Waals surface area contributed by atoms with Crippen LogP contribution in [0.3, 0.4) is 0 Å². The number of carbonyl (C=O) groups excluding carboxylic acids is 1. The molecular formula is C9H19NO4. The van der Waals surface area contributed by atoms with Crippen LogP contribution < -0.4 is 5.90 Å². The Hall–Kier alpha value is -0.650. The first kappa shape index (κ1) is 13.4. The number of ether oxygens (including phenoxy) is 2. The van der Waals surface area contributed by atoms with Gasteiger partial charge in [0.25, 0.3) is 0 Å². The first-order valence-corrected chi connectivity index (χ1v) is 4.35. The van der Waals surface area contributed by atoms with Crippen LogP contribution in [-0.2, 0) is 19.1 Å². The molecule has 0 radical (unpaired) electrons. The molecule has 0 aliphatic heterocycles. The fraction of sp³-hybridized carbons (Fsp3) is 0.889. The maximum Gasteiger partial charge on any atom is 0.343 e. The lowest BCUT2D eigenvalue weighted by Gasteiger charge is -2.28. The van der Waals surface area contributed by atoms with Gasteiger partial charge >= 0.3 is 5.97 Å². The fourth-order valence-corrected chi connectivity index (χ4v) is 0.803. The van der Waals surface area contributed by atoms with Crippen molar-refractivity contribution in [1.82, 2.24) is 0 Å². The van der Waals surface area contributed by atoms with Gasteiger partial charge in [0.15, 0.2) is 0 Å². The summed E-state index contributed by atoms with van der Waals surface area (Å²) in [7, 11) is 1.46. The van der Waals surface area contributed by atoms with Gasteiger partial charge in [-0.25, -0.2) is 10.7 Å². The van der Waals surface area contributed by atoms with Crippen LogP contribution in [0, 0.1) is 0 Å². The maximum atomic E-state index is 11.6. The maximum absolute atomic E-state index is 11.6. The number of hydrogen-bond acceptors (Lipinski definition) is 5. The van der Waals surface area contributed by atoms with Crippen molar-refractivity contribution in [2.24, 2.45) is 5.90 Å². The molecule has 0 saturated heterocycles. The molecule has 0 bridgehead atoms. The monoisotopic (exact) mass is 205 g/mol. The third-order valence-corrected chi connectivity index (χ3v) is 1.51. The van der Waals surface area contributed by atoms with Gasteiger partial charge < -0.3 is 9.47 Å². The highest BCUT2D eigenvalue weighted by Crippen LogP contribution is 2.16. The summed E-state index contributed by atoms with van der Waals surface area (Å²) in [5.74, 6) is 4.50. The molecule has 0 spiro atoms. The normalized spacial score (nSPS) is 16.1. The minimum atomic E-state index is -1.25. The molecule has 0 aliphatic carbocycles. The van der Waals surface area contributed by atoms with Gasteiger partial charge in [0.2, 0.25) is 5.60 Å². The van der Waals surface area contributed by atoms with Crippen molar-refractivity contribution in [3.63, 3.8) is 0 Å². The summed E-state index contributed by atoms with van der Waals surface area (Å²) in [5.41, 5.74) is -1.81. The molecule has 84 valence electrons. The number of carbonyl (C=O) groups is 1. The molecular weight excluding hydrogens is 186 g/mol. The van der Waals surface area contributed by atoms with Crippen molar-refractivity contribution >= 4 is 5.97 Å². The molecule has 2 N–H and O–H groups in total. The van der Waals surface area contributed by atoms with E-state index in [1.807, 2.05) is 0 Å². The van der Waals surface area contributed by atoms with Crippen molar-refractivity contribution in [3.05, 3.63) is 0 Å². The third kappa shape index (κ3) is 4.04. The van der Waals surface area contributed by atoms with Crippen LogP contribution in [0.2, 0.25) is 0 Å². The predicted molar refractivity (Wildman–Crippen MR) is 51.4 cm³/mol. The number of nitrogens with two attached hydrogens (primary N) is 1. The van der Waals surface area contributed by atoms with E-state index in [9.17, 15) is 4.79 Å². The van der Waals surface area contributed by atoms with Gasteiger partial charge in [0.1, 0.15) is 5.60 Å². The Morgan fingerprint density at radius 3 is 2.07 bits per heavy atom. The zero-order valence-corrected chi connectivity index (χ0v) is 9.42. The zero-order valence-electron chi connectivity index (χ0n) is 9.42. The van der Waals surface area contributed by atoms with Crippen molar-refractivity contribution in [1.29, 1.82) is 0 Å². The first-order valence-electron chi connectivity index (χ1n) is 4.35. The molecule has 5 heteroatoms. The second-order valence-corrected chi connectivity index (χ2v) is 4.28. The molecule has 14 heavy (non-hydrogen) atoms. The summed E-state index contributed by atoms with van der Waals surface area (Å²) in [5, 5.41) is 0. The third-order valence-electron chi connectivity index (χ3n) is 1.51. The summed E-state index contributed by atoms with van der Waals surface area (Å²) in [6.07, 6.45) is 0. The van der Waals surface area contributed by atoms with E-state index >= 15 is 0 Å². The molecule has 0 saturated carbocycles. The Morgan fingerprint density at radius 1 is 1.29 bits per heavy atom. The van der Waals surface area contributed by atoms with E-state index in [4.69, 9.17) is 15.4 Å². The van der Waals surface area contributed by atoms with Crippen LogP contribution in [0.1, 0.15) is 27.7 Å². The Morgan fingerprint density at radius 2 is 1.79 bits per heavy atom. The lowest BCUT2D eigenvalue weighted by atomic mass is 10.1. The minimum Gasteiger partial charge on any atom is -0.458 e. The Labute approximate surface area is 84.5 Å². The largest absolute Gasteiger partial charge is 0.458 e. The van der Waals surface area contributed by atoms with Gasteiger partial charge in [-0.2, -0.15) is 0 Å². The molecule has 0 amide bonds. The SMILES string of the molecule is COC[C@@](C)(ON)C(=O)OC(C)(C)C. The van der Waals surface area contributed by atoms with Crippen molar-refractivity contribution < 1.29 is 19.1 Å². The molecule has 0 aliphatic rings. The molecule has 5 nitrogen and oxygen atoms in total. The van der Waals surface area contributed by atoms with Gasteiger partial charge in [-0.15, -0.1) is 0 Å². The van der Waals surface area contributed by atoms with E-state index in [1.165, 1.54) is 14.0 Å². The summed E-state index contributed by atoms with van der Waals surface area (Å²) in [6.45, 7) is 6.89. The van der Waals surface area contributed by atoms with Crippen LogP contribution in [0.4, 0.5) is 0 Å². The highest BCUT2D eigenvalue weighted by Gasteiger charge is 2.38. The minimum absolute atomic E-state index is 0.0540. The second-order valence-electron chi connectivity index (χ2n) is 4.28. The number of methoxy groups -OCH3 is 1. The standard InChI is InChI=1S/C9H19NO4/c1-8(2,3)13-7(11)9(4,14-10)6-12-5/h6,10H2,1-5H3/t9-/m1/s1. The second kappa shape index (κ2) is 4.72. The molecule has 1 atom stereocenters. The van der Waals surface area contributed by atoms with E-state index in [1.54, 1.807) is 20.8 Å². The van der Waals surface area contributed by atoms with Crippen molar-refractivity contribution in [2.75, 3.05) is 13.7 Å². The van der Waals surface area contributed by atoms with Gasteiger partial charge in [0, 0.05) is 7.11 Å². The van der Waals surface area contributed by atoms with Gasteiger partial charge in [-0.05, 0) is 27.7 Å².